The monoisotopic (exact) mass is 223 g/mol. The van der Waals surface area contributed by atoms with Gasteiger partial charge in [0, 0.05) is 19.3 Å². The van der Waals surface area contributed by atoms with Gasteiger partial charge in [0.1, 0.15) is 0 Å². The molecular formula is C14H25NO. The van der Waals surface area contributed by atoms with Crippen molar-refractivity contribution in [1.29, 1.82) is 0 Å². The molecule has 3 atom stereocenters. The first-order valence-corrected chi connectivity index (χ1v) is 7.19. The number of nitrogens with one attached hydrogen (secondary N) is 1. The molecule has 3 unspecified atom stereocenters. The van der Waals surface area contributed by atoms with E-state index in [1.165, 1.54) is 25.7 Å². The predicted octanol–water partition coefficient (Wildman–Crippen LogP) is 2.44. The second-order valence-corrected chi connectivity index (χ2v) is 6.02. The Morgan fingerprint density at radius 3 is 2.38 bits per heavy atom. The third kappa shape index (κ3) is 2.14. The molecule has 92 valence electrons. The van der Waals surface area contributed by atoms with Crippen LogP contribution in [0.5, 0.6) is 0 Å². The zero-order valence-corrected chi connectivity index (χ0v) is 10.5. The molecule has 1 N–H and O–H groups in total. The van der Waals surface area contributed by atoms with Crippen molar-refractivity contribution in [3.8, 4) is 0 Å². The summed E-state index contributed by atoms with van der Waals surface area (Å²) in [5, 5.41) is 3.78. The first-order chi connectivity index (χ1) is 7.88. The van der Waals surface area contributed by atoms with Crippen LogP contribution in [0.2, 0.25) is 0 Å². The smallest absolute Gasteiger partial charge is 0.0469 e. The molecule has 3 rings (SSSR count). The molecular weight excluding hydrogens is 198 g/mol. The molecule has 0 amide bonds. The quantitative estimate of drug-likeness (QED) is 0.790. The second kappa shape index (κ2) is 4.66. The summed E-state index contributed by atoms with van der Waals surface area (Å²) < 4.78 is 5.49. The van der Waals surface area contributed by atoms with Crippen molar-refractivity contribution in [1.82, 2.24) is 5.32 Å². The zero-order chi connectivity index (χ0) is 11.0. The summed E-state index contributed by atoms with van der Waals surface area (Å²) in [6, 6.07) is 0.793. The highest BCUT2D eigenvalue weighted by Gasteiger charge is 2.48. The normalized spacial score (nSPS) is 40.7. The summed E-state index contributed by atoms with van der Waals surface area (Å²) in [5.74, 6) is 4.10. The van der Waals surface area contributed by atoms with E-state index in [1.807, 2.05) is 0 Å². The SMILES string of the molecule is CCNC(C1CCOCC1)C1CC2CC2C1. The molecule has 3 aliphatic rings. The van der Waals surface area contributed by atoms with Gasteiger partial charge >= 0.3 is 0 Å². The lowest BCUT2D eigenvalue weighted by Gasteiger charge is -2.35. The van der Waals surface area contributed by atoms with E-state index in [9.17, 15) is 0 Å². The van der Waals surface area contributed by atoms with Crippen molar-refractivity contribution < 1.29 is 4.74 Å². The Balaban J connectivity index is 1.60. The molecule has 0 aromatic carbocycles. The molecule has 0 bridgehead atoms. The minimum absolute atomic E-state index is 0.793. The third-order valence-electron chi connectivity index (χ3n) is 5.00. The van der Waals surface area contributed by atoms with Crippen LogP contribution in [0.25, 0.3) is 0 Å². The fourth-order valence-electron chi connectivity index (χ4n) is 4.08. The maximum Gasteiger partial charge on any atom is 0.0469 e. The molecule has 0 aromatic heterocycles. The van der Waals surface area contributed by atoms with E-state index in [4.69, 9.17) is 4.74 Å². The Morgan fingerprint density at radius 1 is 1.06 bits per heavy atom. The largest absolute Gasteiger partial charge is 0.381 e. The molecule has 2 saturated carbocycles. The van der Waals surface area contributed by atoms with Crippen LogP contribution in [0.1, 0.15) is 39.0 Å². The van der Waals surface area contributed by atoms with E-state index in [-0.39, 0.29) is 0 Å². The van der Waals surface area contributed by atoms with Gasteiger partial charge < -0.3 is 10.1 Å². The van der Waals surface area contributed by atoms with E-state index >= 15 is 0 Å². The molecule has 0 radical (unpaired) electrons. The highest BCUT2D eigenvalue weighted by molar-refractivity contribution is 5.00. The van der Waals surface area contributed by atoms with Crippen molar-refractivity contribution in [2.75, 3.05) is 19.8 Å². The average Bonchev–Trinajstić information content (AvgIpc) is 2.94. The maximum atomic E-state index is 5.49. The molecule has 16 heavy (non-hydrogen) atoms. The first kappa shape index (κ1) is 11.0. The van der Waals surface area contributed by atoms with E-state index < -0.39 is 0 Å². The summed E-state index contributed by atoms with van der Waals surface area (Å²) in [7, 11) is 0. The highest BCUT2D eigenvalue weighted by Crippen LogP contribution is 2.56. The Kier molecular flexibility index (Phi) is 3.21. The van der Waals surface area contributed by atoms with Crippen LogP contribution in [0.15, 0.2) is 0 Å². The molecule has 0 aromatic rings. The number of rotatable bonds is 4. The molecule has 1 saturated heterocycles. The van der Waals surface area contributed by atoms with Gasteiger partial charge in [-0.05, 0) is 62.3 Å². The fourth-order valence-corrected chi connectivity index (χ4v) is 4.08. The standard InChI is InChI=1S/C14H25NO/c1-2-15-14(10-3-5-16-6-4-10)13-8-11-7-12(11)9-13/h10-15H,2-9H2,1H3. The van der Waals surface area contributed by atoms with Gasteiger partial charge in [-0.1, -0.05) is 6.92 Å². The highest BCUT2D eigenvalue weighted by atomic mass is 16.5. The van der Waals surface area contributed by atoms with Crippen LogP contribution >= 0.6 is 0 Å². The molecule has 2 heteroatoms. The lowest BCUT2D eigenvalue weighted by Crippen LogP contribution is -2.44. The average molecular weight is 223 g/mol. The Labute approximate surface area is 99.1 Å². The fraction of sp³-hybridized carbons (Fsp3) is 1.00. The Hall–Kier alpha value is -0.0800. The van der Waals surface area contributed by atoms with E-state index in [0.29, 0.717) is 0 Å². The maximum absolute atomic E-state index is 5.49. The summed E-state index contributed by atoms with van der Waals surface area (Å²) in [6.45, 7) is 5.37. The van der Waals surface area contributed by atoms with Gasteiger partial charge in [-0.3, -0.25) is 0 Å². The van der Waals surface area contributed by atoms with Crippen molar-refractivity contribution in [3.63, 3.8) is 0 Å². The summed E-state index contributed by atoms with van der Waals surface area (Å²) in [5.41, 5.74) is 0. The van der Waals surface area contributed by atoms with Crippen LogP contribution < -0.4 is 5.32 Å². The third-order valence-corrected chi connectivity index (χ3v) is 5.00. The van der Waals surface area contributed by atoms with E-state index in [2.05, 4.69) is 12.2 Å². The van der Waals surface area contributed by atoms with Crippen molar-refractivity contribution in [2.45, 2.75) is 45.1 Å². The van der Waals surface area contributed by atoms with Crippen molar-refractivity contribution in [3.05, 3.63) is 0 Å². The number of hydrogen-bond donors (Lipinski definition) is 1. The van der Waals surface area contributed by atoms with Crippen molar-refractivity contribution >= 4 is 0 Å². The minimum atomic E-state index is 0.793. The topological polar surface area (TPSA) is 21.3 Å². The molecule has 1 aliphatic heterocycles. The van der Waals surface area contributed by atoms with Gasteiger partial charge in [-0.15, -0.1) is 0 Å². The Bertz CT molecular complexity index is 225. The summed E-state index contributed by atoms with van der Waals surface area (Å²) in [4.78, 5) is 0. The van der Waals surface area contributed by atoms with Crippen LogP contribution in [-0.2, 0) is 4.74 Å². The zero-order valence-electron chi connectivity index (χ0n) is 10.5. The second-order valence-electron chi connectivity index (χ2n) is 6.02. The van der Waals surface area contributed by atoms with Gasteiger partial charge in [-0.2, -0.15) is 0 Å². The number of hydrogen-bond acceptors (Lipinski definition) is 2. The number of fused-ring (bicyclic) bond motifs is 1. The molecule has 2 nitrogen and oxygen atoms in total. The lowest BCUT2D eigenvalue weighted by atomic mass is 9.81. The molecule has 0 spiro atoms. The van der Waals surface area contributed by atoms with Gasteiger partial charge in [0.15, 0.2) is 0 Å². The minimum Gasteiger partial charge on any atom is -0.381 e. The summed E-state index contributed by atoms with van der Waals surface area (Å²) in [6.07, 6.45) is 7.13. The molecule has 1 heterocycles. The van der Waals surface area contributed by atoms with E-state index in [0.717, 1.165) is 49.5 Å². The van der Waals surface area contributed by atoms with E-state index in [1.54, 1.807) is 6.42 Å². The lowest BCUT2D eigenvalue weighted by molar-refractivity contribution is 0.0440. The van der Waals surface area contributed by atoms with Gasteiger partial charge in [0.05, 0.1) is 0 Å². The van der Waals surface area contributed by atoms with Crippen LogP contribution in [0.3, 0.4) is 0 Å². The van der Waals surface area contributed by atoms with Crippen molar-refractivity contribution in [2.24, 2.45) is 23.7 Å². The number of ether oxygens (including phenoxy) is 1. The molecule has 3 fully saturated rings. The van der Waals surface area contributed by atoms with Crippen LogP contribution in [-0.4, -0.2) is 25.8 Å². The van der Waals surface area contributed by atoms with Gasteiger partial charge in [0.2, 0.25) is 0 Å². The molecule has 2 aliphatic carbocycles. The van der Waals surface area contributed by atoms with Crippen LogP contribution in [0, 0.1) is 23.7 Å². The summed E-state index contributed by atoms with van der Waals surface area (Å²) >= 11 is 0. The predicted molar refractivity (Wildman–Crippen MR) is 65.3 cm³/mol. The first-order valence-electron chi connectivity index (χ1n) is 7.19. The van der Waals surface area contributed by atoms with Crippen LogP contribution in [0.4, 0.5) is 0 Å². The van der Waals surface area contributed by atoms with Gasteiger partial charge in [0.25, 0.3) is 0 Å². The van der Waals surface area contributed by atoms with Gasteiger partial charge in [-0.25, -0.2) is 0 Å². The Morgan fingerprint density at radius 2 is 1.75 bits per heavy atom.